The van der Waals surface area contributed by atoms with Gasteiger partial charge in [-0.1, -0.05) is 20.8 Å². The summed E-state index contributed by atoms with van der Waals surface area (Å²) in [5.41, 5.74) is -1.19. The first-order chi connectivity index (χ1) is 8.28. The summed E-state index contributed by atoms with van der Waals surface area (Å²) < 4.78 is 0. The number of carbonyl (C=O) groups is 2. The van der Waals surface area contributed by atoms with Crippen molar-refractivity contribution < 1.29 is 14.7 Å². The summed E-state index contributed by atoms with van der Waals surface area (Å²) >= 11 is 1.85. The number of nitrogens with one attached hydrogen (secondary N) is 1. The molecule has 0 aromatic rings. The number of rotatable bonds is 3. The number of thioether (sulfide) groups is 1. The zero-order valence-electron chi connectivity index (χ0n) is 11.4. The molecule has 1 rings (SSSR count). The van der Waals surface area contributed by atoms with Crippen molar-refractivity contribution in [3.63, 3.8) is 0 Å². The molecule has 1 fully saturated rings. The van der Waals surface area contributed by atoms with Gasteiger partial charge < -0.3 is 15.3 Å². The van der Waals surface area contributed by atoms with E-state index in [9.17, 15) is 9.59 Å². The highest BCUT2D eigenvalue weighted by Crippen LogP contribution is 2.25. The second kappa shape index (κ2) is 5.82. The lowest BCUT2D eigenvalue weighted by molar-refractivity contribution is -0.143. The number of carboxylic acids is 1. The number of nitrogens with zero attached hydrogens (tertiary/aromatic N) is 1. The Balaban J connectivity index is 2.67. The standard InChI is InChI=1S/C12H22N2O3S/c1-5-12(4,10(15)16)13-11(17)14-6-8(2)18-9(3)7-14/h8-9H,5-7H2,1-4H3,(H,13,17)(H,15,16). The van der Waals surface area contributed by atoms with E-state index in [-0.39, 0.29) is 6.03 Å². The van der Waals surface area contributed by atoms with Crippen molar-refractivity contribution in [2.75, 3.05) is 13.1 Å². The molecule has 18 heavy (non-hydrogen) atoms. The van der Waals surface area contributed by atoms with Gasteiger partial charge in [-0.15, -0.1) is 0 Å². The second-order valence-electron chi connectivity index (χ2n) is 5.08. The van der Waals surface area contributed by atoms with Gasteiger partial charge in [0.1, 0.15) is 5.54 Å². The largest absolute Gasteiger partial charge is 0.480 e. The highest BCUT2D eigenvalue weighted by atomic mass is 32.2. The Bertz CT molecular complexity index is 327. The van der Waals surface area contributed by atoms with Gasteiger partial charge in [0.15, 0.2) is 0 Å². The van der Waals surface area contributed by atoms with Crippen LogP contribution in [0.25, 0.3) is 0 Å². The van der Waals surface area contributed by atoms with Crippen LogP contribution in [-0.4, -0.2) is 51.1 Å². The molecular weight excluding hydrogens is 252 g/mol. The molecular formula is C12H22N2O3S. The zero-order chi connectivity index (χ0) is 13.9. The number of hydrogen-bond donors (Lipinski definition) is 2. The minimum atomic E-state index is -1.19. The third-order valence-electron chi connectivity index (χ3n) is 3.27. The van der Waals surface area contributed by atoms with Crippen LogP contribution in [0.4, 0.5) is 4.79 Å². The lowest BCUT2D eigenvalue weighted by Gasteiger charge is -2.36. The highest BCUT2D eigenvalue weighted by Gasteiger charge is 2.35. The molecule has 0 saturated carbocycles. The van der Waals surface area contributed by atoms with Crippen LogP contribution in [0, 0.1) is 0 Å². The molecule has 0 aromatic carbocycles. The molecule has 0 aromatic heterocycles. The topological polar surface area (TPSA) is 69.6 Å². The SMILES string of the molecule is CCC(C)(NC(=O)N1CC(C)SC(C)C1)C(=O)O. The van der Waals surface area contributed by atoms with Gasteiger partial charge >= 0.3 is 12.0 Å². The number of carboxylic acid groups (broad SMARTS) is 1. The number of carbonyl (C=O) groups excluding carboxylic acids is 1. The van der Waals surface area contributed by atoms with Crippen LogP contribution in [0.15, 0.2) is 0 Å². The average Bonchev–Trinajstić information content (AvgIpc) is 2.27. The second-order valence-corrected chi connectivity index (χ2v) is 6.96. The smallest absolute Gasteiger partial charge is 0.329 e. The van der Waals surface area contributed by atoms with Crippen LogP contribution < -0.4 is 5.32 Å². The van der Waals surface area contributed by atoms with E-state index >= 15 is 0 Å². The first kappa shape index (κ1) is 15.1. The Morgan fingerprint density at radius 1 is 1.39 bits per heavy atom. The van der Waals surface area contributed by atoms with Gasteiger partial charge in [-0.2, -0.15) is 11.8 Å². The van der Waals surface area contributed by atoms with E-state index in [0.29, 0.717) is 30.0 Å². The lowest BCUT2D eigenvalue weighted by Crippen LogP contribution is -2.58. The van der Waals surface area contributed by atoms with Crippen molar-refractivity contribution in [1.29, 1.82) is 0 Å². The fourth-order valence-electron chi connectivity index (χ4n) is 1.95. The van der Waals surface area contributed by atoms with Crippen LogP contribution in [0.1, 0.15) is 34.1 Å². The molecule has 0 aliphatic carbocycles. The Hall–Kier alpha value is -0.910. The van der Waals surface area contributed by atoms with Gasteiger partial charge in [-0.3, -0.25) is 0 Å². The Morgan fingerprint density at radius 3 is 2.28 bits per heavy atom. The third-order valence-corrected chi connectivity index (χ3v) is 4.50. The van der Waals surface area contributed by atoms with E-state index in [1.54, 1.807) is 18.7 Å². The van der Waals surface area contributed by atoms with Gasteiger partial charge in [0, 0.05) is 23.6 Å². The Morgan fingerprint density at radius 2 is 1.89 bits per heavy atom. The van der Waals surface area contributed by atoms with Crippen molar-refractivity contribution in [3.05, 3.63) is 0 Å². The van der Waals surface area contributed by atoms with Gasteiger partial charge in [0.2, 0.25) is 0 Å². The van der Waals surface area contributed by atoms with E-state index in [1.165, 1.54) is 0 Å². The Kier molecular flexibility index (Phi) is 4.90. The fraction of sp³-hybridized carbons (Fsp3) is 0.833. The predicted molar refractivity (Wildman–Crippen MR) is 73.0 cm³/mol. The minimum Gasteiger partial charge on any atom is -0.480 e. The van der Waals surface area contributed by atoms with Crippen LogP contribution in [0.5, 0.6) is 0 Å². The van der Waals surface area contributed by atoms with Crippen molar-refractivity contribution in [2.24, 2.45) is 0 Å². The molecule has 2 amide bonds. The van der Waals surface area contributed by atoms with Crippen molar-refractivity contribution in [1.82, 2.24) is 10.2 Å². The van der Waals surface area contributed by atoms with E-state index in [4.69, 9.17) is 5.11 Å². The molecule has 0 radical (unpaired) electrons. The number of urea groups is 1. The zero-order valence-corrected chi connectivity index (χ0v) is 12.2. The molecule has 3 atom stereocenters. The molecule has 6 heteroatoms. The van der Waals surface area contributed by atoms with Crippen LogP contribution in [0.2, 0.25) is 0 Å². The molecule has 1 heterocycles. The summed E-state index contributed by atoms with van der Waals surface area (Å²) in [6, 6.07) is -0.277. The minimum absolute atomic E-state index is 0.277. The maximum Gasteiger partial charge on any atom is 0.329 e. The highest BCUT2D eigenvalue weighted by molar-refractivity contribution is 8.00. The Labute approximate surface area is 112 Å². The van der Waals surface area contributed by atoms with Crippen molar-refractivity contribution >= 4 is 23.8 Å². The summed E-state index contributed by atoms with van der Waals surface area (Å²) in [6.45, 7) is 8.79. The molecule has 1 aliphatic heterocycles. The third kappa shape index (κ3) is 3.54. The average molecular weight is 274 g/mol. The summed E-state index contributed by atoms with van der Waals surface area (Å²) in [7, 11) is 0. The van der Waals surface area contributed by atoms with Gasteiger partial charge in [-0.25, -0.2) is 9.59 Å². The lowest BCUT2D eigenvalue weighted by atomic mass is 10.00. The number of amides is 2. The van der Waals surface area contributed by atoms with Crippen LogP contribution in [0.3, 0.4) is 0 Å². The normalized spacial score (nSPS) is 27.4. The number of hydrogen-bond acceptors (Lipinski definition) is 3. The first-order valence-corrected chi connectivity index (χ1v) is 7.18. The van der Waals surface area contributed by atoms with Gasteiger partial charge in [0.05, 0.1) is 0 Å². The summed E-state index contributed by atoms with van der Waals surface area (Å²) in [4.78, 5) is 25.0. The van der Waals surface area contributed by atoms with Gasteiger partial charge in [0.25, 0.3) is 0 Å². The maximum atomic E-state index is 12.1. The van der Waals surface area contributed by atoms with Gasteiger partial charge in [-0.05, 0) is 13.3 Å². The molecule has 0 spiro atoms. The fourth-order valence-corrected chi connectivity index (χ4v) is 3.28. The quantitative estimate of drug-likeness (QED) is 0.823. The molecule has 3 unspecified atom stereocenters. The predicted octanol–water partition coefficient (Wildman–Crippen LogP) is 1.78. The summed E-state index contributed by atoms with van der Waals surface area (Å²) in [6.07, 6.45) is 0.363. The van der Waals surface area contributed by atoms with Crippen LogP contribution >= 0.6 is 11.8 Å². The molecule has 5 nitrogen and oxygen atoms in total. The van der Waals surface area contributed by atoms with Crippen molar-refractivity contribution in [3.8, 4) is 0 Å². The van der Waals surface area contributed by atoms with E-state index < -0.39 is 11.5 Å². The molecule has 2 N–H and O–H groups in total. The maximum absolute atomic E-state index is 12.1. The molecule has 1 saturated heterocycles. The first-order valence-electron chi connectivity index (χ1n) is 6.24. The molecule has 1 aliphatic rings. The number of aliphatic carboxylic acids is 1. The molecule has 104 valence electrons. The van der Waals surface area contributed by atoms with E-state index in [0.717, 1.165) is 0 Å². The van der Waals surface area contributed by atoms with E-state index in [2.05, 4.69) is 19.2 Å². The van der Waals surface area contributed by atoms with Crippen LogP contribution in [-0.2, 0) is 4.79 Å². The summed E-state index contributed by atoms with van der Waals surface area (Å²) in [5.74, 6) is -0.995. The monoisotopic (exact) mass is 274 g/mol. The van der Waals surface area contributed by atoms with Crippen molar-refractivity contribution in [2.45, 2.75) is 50.2 Å². The molecule has 0 bridgehead atoms. The van der Waals surface area contributed by atoms with E-state index in [1.807, 2.05) is 11.8 Å². The summed E-state index contributed by atoms with van der Waals surface area (Å²) in [5, 5.41) is 12.6.